The van der Waals surface area contributed by atoms with Crippen LogP contribution in [0.15, 0.2) is 29.4 Å². The minimum absolute atomic E-state index is 0.162. The van der Waals surface area contributed by atoms with Gasteiger partial charge in [-0.05, 0) is 45.0 Å². The van der Waals surface area contributed by atoms with Crippen LogP contribution in [0.2, 0.25) is 0 Å². The van der Waals surface area contributed by atoms with Crippen molar-refractivity contribution in [3.8, 4) is 0 Å². The van der Waals surface area contributed by atoms with Crippen molar-refractivity contribution in [1.29, 1.82) is 0 Å². The summed E-state index contributed by atoms with van der Waals surface area (Å²) in [6.07, 6.45) is 0.865. The van der Waals surface area contributed by atoms with Gasteiger partial charge in [0, 0.05) is 12.6 Å². The Labute approximate surface area is 201 Å². The van der Waals surface area contributed by atoms with Crippen LogP contribution in [-0.4, -0.2) is 55.9 Å². The molecule has 34 heavy (non-hydrogen) atoms. The van der Waals surface area contributed by atoms with Gasteiger partial charge in [-0.2, -0.15) is 4.91 Å². The molecule has 3 amide bonds. The summed E-state index contributed by atoms with van der Waals surface area (Å²) in [6, 6.07) is 5.59. The number of benzene rings is 1. The average Bonchev–Trinajstić information content (AvgIpc) is 2.83. The van der Waals surface area contributed by atoms with Crippen LogP contribution in [-0.2, 0) is 30.5 Å². The largest absolute Gasteiger partial charge is 0.461 e. The quantitative estimate of drug-likeness (QED) is 0.279. The highest BCUT2D eigenvalue weighted by atomic mass is 16.5. The SMILES string of the molecule is CC.CCCN=O.CN[C@@H](C)C(=O)N[C@@H](C)C(=O)NCC(=O)Nc1ccc(COC(C)=O)cc1. The van der Waals surface area contributed by atoms with Gasteiger partial charge in [0.05, 0.1) is 19.1 Å². The van der Waals surface area contributed by atoms with E-state index in [9.17, 15) is 19.2 Å². The van der Waals surface area contributed by atoms with Crippen LogP contribution in [0.5, 0.6) is 0 Å². The highest BCUT2D eigenvalue weighted by Gasteiger charge is 2.19. The van der Waals surface area contributed by atoms with Gasteiger partial charge in [-0.25, -0.2) is 0 Å². The number of ether oxygens (including phenoxy) is 1. The van der Waals surface area contributed by atoms with Crippen LogP contribution >= 0.6 is 0 Å². The molecule has 0 unspecified atom stereocenters. The molecule has 0 saturated carbocycles. The molecule has 0 bridgehead atoms. The number of nitrogens with zero attached hydrogens (tertiary/aromatic N) is 1. The van der Waals surface area contributed by atoms with E-state index in [1.807, 2.05) is 20.8 Å². The van der Waals surface area contributed by atoms with E-state index < -0.39 is 23.9 Å². The molecule has 0 fully saturated rings. The Hall–Kier alpha value is -3.34. The summed E-state index contributed by atoms with van der Waals surface area (Å²) in [5.74, 6) is -1.54. The van der Waals surface area contributed by atoms with Gasteiger partial charge >= 0.3 is 5.97 Å². The van der Waals surface area contributed by atoms with Crippen LogP contribution in [0, 0.1) is 4.91 Å². The Balaban J connectivity index is 0. The maximum Gasteiger partial charge on any atom is 0.302 e. The zero-order valence-corrected chi connectivity index (χ0v) is 21.2. The molecule has 0 spiro atoms. The molecule has 0 aliphatic heterocycles. The molecule has 1 rings (SSSR count). The summed E-state index contributed by atoms with van der Waals surface area (Å²) in [7, 11) is 1.64. The lowest BCUT2D eigenvalue weighted by atomic mass is 10.2. The third-order valence-corrected chi connectivity index (χ3v) is 4.00. The Morgan fingerprint density at radius 2 is 1.59 bits per heavy atom. The van der Waals surface area contributed by atoms with E-state index in [0.717, 1.165) is 12.0 Å². The van der Waals surface area contributed by atoms with Crippen molar-refractivity contribution in [3.05, 3.63) is 34.7 Å². The Kier molecular flexibility index (Phi) is 19.6. The third kappa shape index (κ3) is 16.3. The van der Waals surface area contributed by atoms with Gasteiger partial charge in [0.2, 0.25) is 17.7 Å². The van der Waals surface area contributed by atoms with E-state index in [1.165, 1.54) is 13.8 Å². The molecule has 1 aromatic rings. The Morgan fingerprint density at radius 3 is 2.03 bits per heavy atom. The van der Waals surface area contributed by atoms with Crippen LogP contribution in [0.25, 0.3) is 0 Å². The number of esters is 1. The second-order valence-corrected chi connectivity index (χ2v) is 6.84. The fourth-order valence-electron chi connectivity index (χ4n) is 2.02. The number of hydrogen-bond acceptors (Lipinski definition) is 8. The monoisotopic (exact) mass is 481 g/mol. The number of nitrogens with one attached hydrogen (secondary N) is 4. The van der Waals surface area contributed by atoms with Crippen molar-refractivity contribution in [2.24, 2.45) is 5.18 Å². The first kappa shape index (κ1) is 32.8. The summed E-state index contributed by atoms with van der Waals surface area (Å²) >= 11 is 0. The molecular formula is C23H39N5O6. The van der Waals surface area contributed by atoms with E-state index >= 15 is 0 Å². The summed E-state index contributed by atoms with van der Waals surface area (Å²) in [6.45, 7) is 10.9. The van der Waals surface area contributed by atoms with Gasteiger partial charge in [0.1, 0.15) is 12.6 Å². The highest BCUT2D eigenvalue weighted by molar-refractivity contribution is 5.96. The normalized spacial score (nSPS) is 11.1. The lowest BCUT2D eigenvalue weighted by Gasteiger charge is -2.17. The predicted molar refractivity (Wildman–Crippen MR) is 132 cm³/mol. The number of anilines is 1. The van der Waals surface area contributed by atoms with Crippen LogP contribution in [0.3, 0.4) is 0 Å². The number of amides is 3. The molecule has 0 heterocycles. The first-order valence-corrected chi connectivity index (χ1v) is 11.2. The van der Waals surface area contributed by atoms with E-state index in [0.29, 0.717) is 12.2 Å². The Bertz CT molecular complexity index is 755. The molecule has 4 N–H and O–H groups in total. The molecule has 0 saturated heterocycles. The van der Waals surface area contributed by atoms with Crippen LogP contribution < -0.4 is 21.3 Å². The van der Waals surface area contributed by atoms with E-state index in [2.05, 4.69) is 26.4 Å². The third-order valence-electron chi connectivity index (χ3n) is 4.00. The lowest BCUT2D eigenvalue weighted by molar-refractivity contribution is -0.142. The minimum Gasteiger partial charge on any atom is -0.461 e. The highest BCUT2D eigenvalue weighted by Crippen LogP contribution is 2.10. The van der Waals surface area contributed by atoms with E-state index in [4.69, 9.17) is 9.64 Å². The lowest BCUT2D eigenvalue weighted by Crippen LogP contribution is -2.50. The molecular weight excluding hydrogens is 442 g/mol. The van der Waals surface area contributed by atoms with Crippen LogP contribution in [0.4, 0.5) is 5.69 Å². The topological polar surface area (TPSA) is 155 Å². The van der Waals surface area contributed by atoms with Crippen molar-refractivity contribution < 1.29 is 23.9 Å². The zero-order valence-electron chi connectivity index (χ0n) is 21.2. The predicted octanol–water partition coefficient (Wildman–Crippen LogP) is 2.11. The summed E-state index contributed by atoms with van der Waals surface area (Å²) in [5.41, 5.74) is 1.34. The first-order valence-electron chi connectivity index (χ1n) is 11.2. The Morgan fingerprint density at radius 1 is 1.00 bits per heavy atom. The summed E-state index contributed by atoms with van der Waals surface area (Å²) < 4.78 is 4.88. The number of rotatable bonds is 11. The average molecular weight is 482 g/mol. The molecule has 11 heteroatoms. The number of nitroso groups, excluding NO2 is 1. The number of carbonyl (C=O) groups excluding carboxylic acids is 4. The van der Waals surface area contributed by atoms with Gasteiger partial charge in [-0.15, -0.1) is 0 Å². The molecule has 0 aliphatic carbocycles. The smallest absolute Gasteiger partial charge is 0.302 e. The zero-order chi connectivity index (χ0) is 26.5. The van der Waals surface area contributed by atoms with Crippen molar-refractivity contribution in [2.45, 2.75) is 66.7 Å². The van der Waals surface area contributed by atoms with Gasteiger partial charge in [0.15, 0.2) is 0 Å². The second-order valence-electron chi connectivity index (χ2n) is 6.84. The van der Waals surface area contributed by atoms with Gasteiger partial charge in [0.25, 0.3) is 0 Å². The van der Waals surface area contributed by atoms with E-state index in [-0.39, 0.29) is 25.0 Å². The number of hydrogen-bond donors (Lipinski definition) is 4. The maximum atomic E-state index is 12.0. The molecule has 2 atom stereocenters. The maximum absolute atomic E-state index is 12.0. The second kappa shape index (κ2) is 20.3. The molecule has 0 aliphatic rings. The fraction of sp³-hybridized carbons (Fsp3) is 0.565. The molecule has 0 radical (unpaired) electrons. The molecule has 1 aromatic carbocycles. The fourth-order valence-corrected chi connectivity index (χ4v) is 2.02. The van der Waals surface area contributed by atoms with Crippen LogP contribution in [0.1, 0.15) is 53.5 Å². The van der Waals surface area contributed by atoms with Crippen molar-refractivity contribution >= 4 is 29.4 Å². The first-order chi connectivity index (χ1) is 16.1. The van der Waals surface area contributed by atoms with Crippen molar-refractivity contribution in [2.75, 3.05) is 25.5 Å². The number of carbonyl (C=O) groups is 4. The van der Waals surface area contributed by atoms with Gasteiger partial charge in [-0.3, -0.25) is 19.2 Å². The number of likely N-dealkylation sites (N-methyl/N-ethyl adjacent to an activating group) is 1. The summed E-state index contributed by atoms with van der Waals surface area (Å²) in [5, 5.41) is 13.0. The molecule has 11 nitrogen and oxygen atoms in total. The minimum atomic E-state index is -0.762. The molecule has 0 aromatic heterocycles. The standard InChI is InChI=1S/C18H26N4O5.C3H7NO.C2H6/c1-11(19-4)18(26)21-12(2)17(25)20-9-16(24)22-15-7-5-14(6-8-15)10-27-13(3)23;1-2-3-4-5;1-2/h5-8,11-12,19H,9-10H2,1-4H3,(H,20,25)(H,21,26)(H,22,24);2-3H2,1H3;1-2H3/t11-,12-;;/m0../s1. The van der Waals surface area contributed by atoms with E-state index in [1.54, 1.807) is 38.2 Å². The molecule has 192 valence electrons. The van der Waals surface area contributed by atoms with Crippen molar-refractivity contribution in [1.82, 2.24) is 16.0 Å². The van der Waals surface area contributed by atoms with Crippen molar-refractivity contribution in [3.63, 3.8) is 0 Å². The summed E-state index contributed by atoms with van der Waals surface area (Å²) in [4.78, 5) is 55.5. The van der Waals surface area contributed by atoms with Gasteiger partial charge in [-0.1, -0.05) is 38.1 Å². The van der Waals surface area contributed by atoms with Gasteiger partial charge < -0.3 is 26.0 Å².